The van der Waals surface area contributed by atoms with Crippen molar-refractivity contribution in [2.75, 3.05) is 52.8 Å². The van der Waals surface area contributed by atoms with Gasteiger partial charge in [-0.25, -0.2) is 12.4 Å². The number of aromatic nitrogens is 1. The lowest BCUT2D eigenvalue weighted by Gasteiger charge is -2.32. The molecular weight excluding hydrogens is 638 g/mol. The Hall–Kier alpha value is -2.37. The number of hydrogen-bond donors (Lipinski definition) is 0. The quantitative estimate of drug-likeness (QED) is 0.310. The number of benzene rings is 2. The van der Waals surface area contributed by atoms with Gasteiger partial charge in [-0.3, -0.25) is 4.90 Å². The van der Waals surface area contributed by atoms with E-state index in [1.54, 1.807) is 6.07 Å². The van der Waals surface area contributed by atoms with Gasteiger partial charge in [0.05, 0.1) is 30.5 Å². The minimum atomic E-state index is -4.50. The molecule has 1 fully saturated rings. The SMILES string of the molecule is COc1ccc2c(c(CN3CCN(C)CC3)c(OS(C)(=O)=O)n2S(=O)(=O)c2ccccc2Br)c1OS(C)(=O)=O. The lowest BCUT2D eigenvalue weighted by molar-refractivity contribution is 0.148. The van der Waals surface area contributed by atoms with Crippen molar-refractivity contribution in [3.8, 4) is 17.4 Å². The number of fused-ring (bicyclic) bond motifs is 1. The molecule has 0 unspecified atom stereocenters. The predicted octanol–water partition coefficient (Wildman–Crippen LogP) is 2.07. The van der Waals surface area contributed by atoms with Crippen LogP contribution in [0.3, 0.4) is 0 Å². The van der Waals surface area contributed by atoms with Crippen molar-refractivity contribution in [2.45, 2.75) is 11.4 Å². The van der Waals surface area contributed by atoms with Crippen molar-refractivity contribution in [1.29, 1.82) is 0 Å². The molecule has 2 heterocycles. The second-order valence-electron chi connectivity index (χ2n) is 9.13. The van der Waals surface area contributed by atoms with Gasteiger partial charge in [-0.05, 0) is 47.2 Å². The molecule has 214 valence electrons. The van der Waals surface area contributed by atoms with Crippen LogP contribution in [0.15, 0.2) is 45.8 Å². The molecule has 4 rings (SSSR count). The molecule has 0 amide bonds. The van der Waals surface area contributed by atoms with Crippen LogP contribution >= 0.6 is 15.9 Å². The highest BCUT2D eigenvalue weighted by Crippen LogP contribution is 2.46. The Labute approximate surface area is 236 Å². The Bertz CT molecular complexity index is 1730. The fourth-order valence-electron chi connectivity index (χ4n) is 4.34. The van der Waals surface area contributed by atoms with E-state index in [4.69, 9.17) is 13.1 Å². The van der Waals surface area contributed by atoms with Crippen molar-refractivity contribution in [2.24, 2.45) is 0 Å². The minimum absolute atomic E-state index is 0.00824. The molecule has 39 heavy (non-hydrogen) atoms. The van der Waals surface area contributed by atoms with E-state index in [1.807, 2.05) is 11.9 Å². The third kappa shape index (κ3) is 6.36. The fourth-order valence-corrected chi connectivity index (χ4v) is 7.76. The lowest BCUT2D eigenvalue weighted by Crippen LogP contribution is -2.43. The van der Waals surface area contributed by atoms with E-state index in [9.17, 15) is 25.3 Å². The van der Waals surface area contributed by atoms with Crippen LogP contribution in [0.25, 0.3) is 10.9 Å². The van der Waals surface area contributed by atoms with Crippen LogP contribution in [0, 0.1) is 0 Å². The maximum absolute atomic E-state index is 14.1. The number of methoxy groups -OCH3 is 1. The number of ether oxygens (including phenoxy) is 1. The first kappa shape index (κ1) is 29.6. The van der Waals surface area contributed by atoms with Gasteiger partial charge < -0.3 is 18.0 Å². The summed E-state index contributed by atoms with van der Waals surface area (Å²) in [5.74, 6) is -0.760. The molecule has 0 saturated carbocycles. The summed E-state index contributed by atoms with van der Waals surface area (Å²) in [5.41, 5.74) is 0.0705. The zero-order valence-electron chi connectivity index (χ0n) is 21.6. The standard InChI is InChI=1S/C23H28BrN3O9S3/c1-25-11-13-26(14-12-25)15-16-21-18(9-10-19(34-2)22(21)35-37(3,28)29)27(23(16)36-38(4,30)31)39(32,33)20-8-6-5-7-17(20)24/h5-10H,11-15H2,1-4H3. The van der Waals surface area contributed by atoms with Crippen LogP contribution in [-0.4, -0.2) is 91.9 Å². The number of likely N-dealkylation sites (N-methyl/N-ethyl adjacent to an activating group) is 1. The van der Waals surface area contributed by atoms with Crippen molar-refractivity contribution >= 4 is 57.1 Å². The summed E-state index contributed by atoms with van der Waals surface area (Å²) in [6.45, 7) is 2.65. The van der Waals surface area contributed by atoms with E-state index < -0.39 is 36.1 Å². The second-order valence-corrected chi connectivity index (χ2v) is 14.9. The van der Waals surface area contributed by atoms with Gasteiger partial charge in [-0.1, -0.05) is 12.1 Å². The molecule has 1 saturated heterocycles. The summed E-state index contributed by atoms with van der Waals surface area (Å²) in [5, 5.41) is 0.0352. The highest BCUT2D eigenvalue weighted by atomic mass is 79.9. The topological polar surface area (TPSA) is 142 Å². The van der Waals surface area contributed by atoms with Crippen LogP contribution in [0.4, 0.5) is 0 Å². The molecule has 0 atom stereocenters. The Morgan fingerprint density at radius 1 is 0.872 bits per heavy atom. The van der Waals surface area contributed by atoms with E-state index in [2.05, 4.69) is 20.8 Å². The Morgan fingerprint density at radius 2 is 1.49 bits per heavy atom. The molecule has 0 aliphatic carbocycles. The van der Waals surface area contributed by atoms with Gasteiger partial charge in [-0.15, -0.1) is 0 Å². The Balaban J connectivity index is 2.15. The average Bonchev–Trinajstić information content (AvgIpc) is 3.12. The molecule has 1 aliphatic rings. The molecule has 0 radical (unpaired) electrons. The largest absolute Gasteiger partial charge is 0.493 e. The third-order valence-electron chi connectivity index (χ3n) is 6.08. The van der Waals surface area contributed by atoms with Gasteiger partial charge in [0.25, 0.3) is 10.0 Å². The average molecular weight is 667 g/mol. The van der Waals surface area contributed by atoms with Crippen LogP contribution in [0.2, 0.25) is 0 Å². The number of nitrogens with zero attached hydrogens (tertiary/aromatic N) is 3. The van der Waals surface area contributed by atoms with Crippen molar-refractivity contribution in [3.63, 3.8) is 0 Å². The zero-order valence-corrected chi connectivity index (χ0v) is 25.7. The zero-order chi connectivity index (χ0) is 28.8. The van der Waals surface area contributed by atoms with Crippen LogP contribution in [0.1, 0.15) is 5.56 Å². The summed E-state index contributed by atoms with van der Waals surface area (Å²) in [7, 11) is -9.60. The molecule has 2 aromatic carbocycles. The third-order valence-corrected chi connectivity index (χ3v) is 9.72. The molecule has 3 aromatic rings. The summed E-state index contributed by atoms with van der Waals surface area (Å²) >= 11 is 3.26. The molecule has 16 heteroatoms. The maximum atomic E-state index is 14.1. The normalized spacial score (nSPS) is 15.9. The minimum Gasteiger partial charge on any atom is -0.493 e. The number of halogens is 1. The van der Waals surface area contributed by atoms with E-state index >= 15 is 0 Å². The Kier molecular flexibility index (Phi) is 8.27. The van der Waals surface area contributed by atoms with E-state index in [-0.39, 0.29) is 43.9 Å². The summed E-state index contributed by atoms with van der Waals surface area (Å²) < 4.78 is 94.8. The maximum Gasteiger partial charge on any atom is 0.307 e. The van der Waals surface area contributed by atoms with Gasteiger partial charge in [0.15, 0.2) is 11.5 Å². The summed E-state index contributed by atoms with van der Waals surface area (Å²) in [4.78, 5) is 3.95. The highest BCUT2D eigenvalue weighted by molar-refractivity contribution is 9.10. The second kappa shape index (κ2) is 10.9. The smallest absolute Gasteiger partial charge is 0.307 e. The monoisotopic (exact) mass is 665 g/mol. The van der Waals surface area contributed by atoms with Crippen molar-refractivity contribution < 1.29 is 38.4 Å². The molecule has 0 N–H and O–H groups in total. The van der Waals surface area contributed by atoms with Gasteiger partial charge in [0, 0.05) is 42.8 Å². The van der Waals surface area contributed by atoms with Gasteiger partial charge in [-0.2, -0.15) is 16.8 Å². The highest BCUT2D eigenvalue weighted by Gasteiger charge is 2.35. The van der Waals surface area contributed by atoms with E-state index in [0.29, 0.717) is 26.2 Å². The molecule has 0 spiro atoms. The summed E-state index contributed by atoms with van der Waals surface area (Å²) in [6.07, 6.45) is 1.64. The summed E-state index contributed by atoms with van der Waals surface area (Å²) in [6, 6.07) is 8.77. The van der Waals surface area contributed by atoms with Crippen LogP contribution in [-0.2, 0) is 36.8 Å². The molecular formula is C23H28BrN3O9S3. The first-order valence-electron chi connectivity index (χ1n) is 11.6. The predicted molar refractivity (Wildman–Crippen MR) is 149 cm³/mol. The van der Waals surface area contributed by atoms with E-state index in [1.165, 1.54) is 37.4 Å². The van der Waals surface area contributed by atoms with Gasteiger partial charge >= 0.3 is 20.2 Å². The van der Waals surface area contributed by atoms with Gasteiger partial charge in [0.1, 0.15) is 4.90 Å². The Morgan fingerprint density at radius 3 is 2.05 bits per heavy atom. The fraction of sp³-hybridized carbons (Fsp3) is 0.391. The number of rotatable bonds is 9. The van der Waals surface area contributed by atoms with E-state index in [0.717, 1.165) is 16.5 Å². The van der Waals surface area contributed by atoms with Crippen LogP contribution < -0.4 is 13.1 Å². The lowest BCUT2D eigenvalue weighted by atomic mass is 10.1. The van der Waals surface area contributed by atoms with Crippen molar-refractivity contribution in [1.82, 2.24) is 13.8 Å². The molecule has 1 aromatic heterocycles. The first-order valence-corrected chi connectivity index (χ1v) is 17.4. The molecule has 0 bridgehead atoms. The first-order chi connectivity index (χ1) is 18.1. The van der Waals surface area contributed by atoms with Crippen LogP contribution in [0.5, 0.6) is 17.4 Å². The van der Waals surface area contributed by atoms with Gasteiger partial charge in [0.2, 0.25) is 5.88 Å². The molecule has 1 aliphatic heterocycles. The number of piperazine rings is 1. The number of hydrogen-bond acceptors (Lipinski definition) is 11. The van der Waals surface area contributed by atoms with Crippen molar-refractivity contribution in [3.05, 3.63) is 46.4 Å². The molecule has 12 nitrogen and oxygen atoms in total.